The van der Waals surface area contributed by atoms with Gasteiger partial charge in [0.2, 0.25) is 5.78 Å². The number of ketones is 1. The van der Waals surface area contributed by atoms with Crippen LogP contribution in [-0.4, -0.2) is 34.5 Å². The first-order valence-electron chi connectivity index (χ1n) is 9.53. The van der Waals surface area contributed by atoms with Crippen molar-refractivity contribution in [3.63, 3.8) is 0 Å². The molecular formula is C18H29N4O3+. The van der Waals surface area contributed by atoms with Gasteiger partial charge in [-0.3, -0.25) is 19.1 Å². The number of likely N-dealkylation sites (tertiary alicyclic amines) is 1. The molecule has 0 amide bonds. The summed E-state index contributed by atoms with van der Waals surface area (Å²) in [6, 6.07) is 0.522. The Bertz CT molecular complexity index is 750. The number of hydrogen-bond acceptors (Lipinski definition) is 4. The number of anilines is 1. The fourth-order valence-corrected chi connectivity index (χ4v) is 4.68. The third kappa shape index (κ3) is 3.56. The number of rotatable bonds is 5. The zero-order valence-electron chi connectivity index (χ0n) is 15.0. The number of nitrogen functional groups attached to an aromatic ring is 1. The van der Waals surface area contributed by atoms with Crippen LogP contribution < -0.4 is 21.9 Å². The Morgan fingerprint density at radius 2 is 1.96 bits per heavy atom. The van der Waals surface area contributed by atoms with Crippen LogP contribution >= 0.6 is 0 Å². The molecule has 2 fully saturated rings. The highest BCUT2D eigenvalue weighted by atomic mass is 16.2. The number of hydrogen-bond donors (Lipinski definition) is 3. The van der Waals surface area contributed by atoms with E-state index in [1.165, 1.54) is 35.2 Å². The third-order valence-electron chi connectivity index (χ3n) is 5.86. The number of Topliss-reactive ketones (excluding diaryl/α,β-unsaturated/α-hetero) is 1. The van der Waals surface area contributed by atoms with Crippen molar-refractivity contribution in [2.45, 2.75) is 64.5 Å². The van der Waals surface area contributed by atoms with Gasteiger partial charge in [-0.05, 0) is 38.5 Å². The van der Waals surface area contributed by atoms with Crippen molar-refractivity contribution < 1.29 is 9.69 Å². The first-order valence-corrected chi connectivity index (χ1v) is 9.53. The van der Waals surface area contributed by atoms with Crippen LogP contribution in [0, 0.1) is 5.92 Å². The van der Waals surface area contributed by atoms with Gasteiger partial charge in [-0.2, -0.15) is 0 Å². The zero-order chi connectivity index (χ0) is 18.0. The lowest BCUT2D eigenvalue weighted by atomic mass is 9.78. The van der Waals surface area contributed by atoms with Crippen molar-refractivity contribution in [2.24, 2.45) is 5.92 Å². The molecule has 1 aliphatic heterocycles. The summed E-state index contributed by atoms with van der Waals surface area (Å²) in [6.07, 6.45) is 8.02. The predicted molar refractivity (Wildman–Crippen MR) is 96.0 cm³/mol. The van der Waals surface area contributed by atoms with Gasteiger partial charge < -0.3 is 10.6 Å². The third-order valence-corrected chi connectivity index (χ3v) is 5.86. The fourth-order valence-electron chi connectivity index (χ4n) is 4.68. The van der Waals surface area contributed by atoms with Crippen LogP contribution in [0.1, 0.15) is 62.2 Å². The molecule has 25 heavy (non-hydrogen) atoms. The molecule has 3 atom stereocenters. The topological polar surface area (TPSA) is 102 Å². The Balaban J connectivity index is 1.84. The number of piperidine rings is 1. The average Bonchev–Trinajstić information content (AvgIpc) is 2.59. The Kier molecular flexibility index (Phi) is 5.42. The van der Waals surface area contributed by atoms with Crippen molar-refractivity contribution in [2.75, 3.05) is 18.8 Å². The Labute approximate surface area is 147 Å². The van der Waals surface area contributed by atoms with E-state index in [0.717, 1.165) is 19.4 Å². The standard InChI is InChI=1S/C18H28N4O3/c1-2-9-22-16(19)15(17(24)20-18(22)25)14(23)11-21-10-5-7-12-6-3-4-8-13(12)21/h12-13H,2-11,19H2,1H3,(H,20,24,25)/p+1/t12-,13+/m1/s1. The second kappa shape index (κ2) is 7.56. The van der Waals surface area contributed by atoms with Crippen molar-refractivity contribution in [3.05, 3.63) is 26.4 Å². The zero-order valence-corrected chi connectivity index (χ0v) is 15.0. The van der Waals surface area contributed by atoms with Crippen molar-refractivity contribution in [1.82, 2.24) is 9.55 Å². The number of nitrogens with zero attached hydrogens (tertiary/aromatic N) is 1. The first-order chi connectivity index (χ1) is 12.0. The van der Waals surface area contributed by atoms with Gasteiger partial charge in [0.05, 0.1) is 12.6 Å². The molecule has 7 nitrogen and oxygen atoms in total. The van der Waals surface area contributed by atoms with Crippen molar-refractivity contribution in [1.29, 1.82) is 0 Å². The summed E-state index contributed by atoms with van der Waals surface area (Å²) in [7, 11) is 0. The number of carbonyl (C=O) groups is 1. The second-order valence-corrected chi connectivity index (χ2v) is 7.47. The second-order valence-electron chi connectivity index (χ2n) is 7.47. The molecule has 138 valence electrons. The molecule has 2 heterocycles. The van der Waals surface area contributed by atoms with E-state index in [9.17, 15) is 14.4 Å². The molecule has 7 heteroatoms. The fraction of sp³-hybridized carbons (Fsp3) is 0.722. The highest BCUT2D eigenvalue weighted by molar-refractivity contribution is 6.00. The van der Waals surface area contributed by atoms with Crippen LogP contribution in [0.15, 0.2) is 9.59 Å². The number of fused-ring (bicyclic) bond motifs is 1. The van der Waals surface area contributed by atoms with Gasteiger partial charge in [0.25, 0.3) is 5.56 Å². The number of quaternary nitrogens is 1. The monoisotopic (exact) mass is 349 g/mol. The molecule has 3 rings (SSSR count). The van der Waals surface area contributed by atoms with Crippen LogP contribution in [0.5, 0.6) is 0 Å². The highest BCUT2D eigenvalue weighted by Crippen LogP contribution is 2.28. The predicted octanol–water partition coefficient (Wildman–Crippen LogP) is -0.0510. The minimum absolute atomic E-state index is 0.0113. The average molecular weight is 349 g/mol. The van der Waals surface area contributed by atoms with E-state index in [4.69, 9.17) is 5.73 Å². The summed E-state index contributed by atoms with van der Waals surface area (Å²) in [5.74, 6) is 0.469. The molecule has 1 aromatic rings. The lowest BCUT2D eigenvalue weighted by molar-refractivity contribution is -0.928. The summed E-state index contributed by atoms with van der Waals surface area (Å²) >= 11 is 0. The van der Waals surface area contributed by atoms with E-state index in [1.54, 1.807) is 0 Å². The van der Waals surface area contributed by atoms with E-state index >= 15 is 0 Å². The summed E-state index contributed by atoms with van der Waals surface area (Å²) in [5.41, 5.74) is 4.78. The summed E-state index contributed by atoms with van der Waals surface area (Å²) in [5, 5.41) is 0. The number of nitrogens with one attached hydrogen (secondary N) is 2. The molecular weight excluding hydrogens is 320 g/mol. The Hall–Kier alpha value is -1.89. The van der Waals surface area contributed by atoms with E-state index in [-0.39, 0.29) is 17.2 Å². The van der Waals surface area contributed by atoms with E-state index < -0.39 is 11.2 Å². The molecule has 1 aliphatic carbocycles. The summed E-state index contributed by atoms with van der Waals surface area (Å²) < 4.78 is 1.30. The minimum Gasteiger partial charge on any atom is -0.384 e. The maximum Gasteiger partial charge on any atom is 0.329 e. The van der Waals surface area contributed by atoms with Gasteiger partial charge in [0, 0.05) is 12.5 Å². The van der Waals surface area contributed by atoms with Crippen LogP contribution in [0.4, 0.5) is 5.82 Å². The first kappa shape index (κ1) is 17.9. The summed E-state index contributed by atoms with van der Waals surface area (Å²) in [4.78, 5) is 40.5. The van der Waals surface area contributed by atoms with Crippen molar-refractivity contribution in [3.8, 4) is 0 Å². The van der Waals surface area contributed by atoms with Crippen LogP contribution in [0.3, 0.4) is 0 Å². The molecule has 1 saturated heterocycles. The lowest BCUT2D eigenvalue weighted by Crippen LogP contribution is -3.18. The number of H-pyrrole nitrogens is 1. The summed E-state index contributed by atoms with van der Waals surface area (Å²) in [6.45, 7) is 3.57. The minimum atomic E-state index is -0.656. The van der Waals surface area contributed by atoms with E-state index in [0.29, 0.717) is 31.5 Å². The largest absolute Gasteiger partial charge is 0.384 e. The Morgan fingerprint density at radius 1 is 1.24 bits per heavy atom. The van der Waals surface area contributed by atoms with Crippen molar-refractivity contribution >= 4 is 11.6 Å². The quantitative estimate of drug-likeness (QED) is 0.649. The van der Waals surface area contributed by atoms with Gasteiger partial charge in [-0.1, -0.05) is 13.3 Å². The molecule has 0 bridgehead atoms. The molecule has 2 aliphatic rings. The maximum absolute atomic E-state index is 12.9. The van der Waals surface area contributed by atoms with E-state index in [2.05, 4.69) is 4.98 Å². The molecule has 0 aromatic carbocycles. The van der Waals surface area contributed by atoms with Crippen LogP contribution in [0.25, 0.3) is 0 Å². The van der Waals surface area contributed by atoms with E-state index in [1.807, 2.05) is 6.92 Å². The number of aromatic nitrogens is 2. The lowest BCUT2D eigenvalue weighted by Gasteiger charge is -2.40. The van der Waals surface area contributed by atoms with Crippen LogP contribution in [-0.2, 0) is 6.54 Å². The molecule has 1 unspecified atom stereocenters. The normalized spacial score (nSPS) is 26.2. The van der Waals surface area contributed by atoms with Gasteiger partial charge in [-0.25, -0.2) is 4.79 Å². The molecule has 0 radical (unpaired) electrons. The van der Waals surface area contributed by atoms with Gasteiger partial charge >= 0.3 is 5.69 Å². The molecule has 4 N–H and O–H groups in total. The van der Waals surface area contributed by atoms with Gasteiger partial charge in [0.15, 0.2) is 0 Å². The maximum atomic E-state index is 12.9. The molecule has 1 aromatic heterocycles. The number of carbonyl (C=O) groups excluding carboxylic acids is 1. The molecule has 0 spiro atoms. The van der Waals surface area contributed by atoms with Crippen LogP contribution in [0.2, 0.25) is 0 Å². The highest BCUT2D eigenvalue weighted by Gasteiger charge is 2.38. The smallest absolute Gasteiger partial charge is 0.329 e. The van der Waals surface area contributed by atoms with Gasteiger partial charge in [-0.15, -0.1) is 0 Å². The SMILES string of the molecule is CCCn1c(N)c(C(=O)C[NH+]2CCC[C@H]3CCCC[C@@H]32)c(=O)[nH]c1=O. The van der Waals surface area contributed by atoms with Gasteiger partial charge in [0.1, 0.15) is 17.9 Å². The number of aromatic amines is 1. The molecule has 1 saturated carbocycles. The number of nitrogens with two attached hydrogens (primary N) is 1. The Morgan fingerprint density at radius 3 is 2.72 bits per heavy atom.